The van der Waals surface area contributed by atoms with Gasteiger partial charge in [-0.1, -0.05) is 28.1 Å². The second-order valence-corrected chi connectivity index (χ2v) is 10.4. The molecule has 0 amide bonds. The zero-order valence-corrected chi connectivity index (χ0v) is 20.2. The number of alkyl halides is 1. The molecule has 2 aromatic rings. The van der Waals surface area contributed by atoms with Gasteiger partial charge in [-0.25, -0.2) is 26.3 Å². The monoisotopic (exact) mass is 538 g/mol. The SMILES string of the molecule is COc1cccc(S(=O)(=O)NCCCO)c1.O=S(=O)(NCCCBr)c1cccc(O)c1. The van der Waals surface area contributed by atoms with Crippen molar-refractivity contribution in [3.05, 3.63) is 48.5 Å². The minimum absolute atomic E-state index is 0.0410. The molecule has 0 aliphatic heterocycles. The van der Waals surface area contributed by atoms with E-state index >= 15 is 0 Å². The van der Waals surface area contributed by atoms with E-state index in [9.17, 15) is 16.8 Å². The van der Waals surface area contributed by atoms with Gasteiger partial charge in [-0.3, -0.25) is 0 Å². The maximum atomic E-state index is 11.7. The lowest BCUT2D eigenvalue weighted by Gasteiger charge is -2.07. The number of phenolic OH excluding ortho intramolecular Hbond substituents is 1. The lowest BCUT2D eigenvalue weighted by molar-refractivity contribution is 0.289. The van der Waals surface area contributed by atoms with Crippen LogP contribution in [-0.2, 0) is 20.0 Å². The molecule has 0 atom stereocenters. The summed E-state index contributed by atoms with van der Waals surface area (Å²) in [7, 11) is -5.51. The Bertz CT molecular complexity index is 1020. The van der Waals surface area contributed by atoms with Crippen molar-refractivity contribution in [3.8, 4) is 11.5 Å². The Balaban J connectivity index is 0.000000311. The third-order valence-electron chi connectivity index (χ3n) is 3.71. The second kappa shape index (κ2) is 13.7. The van der Waals surface area contributed by atoms with Crippen molar-refractivity contribution >= 4 is 36.0 Å². The molecule has 9 nitrogen and oxygen atoms in total. The molecule has 2 aromatic carbocycles. The van der Waals surface area contributed by atoms with Gasteiger partial charge < -0.3 is 14.9 Å². The van der Waals surface area contributed by atoms with Gasteiger partial charge in [0.25, 0.3) is 0 Å². The molecule has 0 aromatic heterocycles. The van der Waals surface area contributed by atoms with Crippen LogP contribution in [0.4, 0.5) is 0 Å². The van der Waals surface area contributed by atoms with E-state index in [2.05, 4.69) is 25.4 Å². The van der Waals surface area contributed by atoms with E-state index in [0.29, 0.717) is 18.7 Å². The van der Waals surface area contributed by atoms with Crippen molar-refractivity contribution in [1.82, 2.24) is 9.44 Å². The highest BCUT2D eigenvalue weighted by atomic mass is 79.9. The summed E-state index contributed by atoms with van der Waals surface area (Å²) in [5, 5.41) is 18.5. The van der Waals surface area contributed by atoms with Gasteiger partial charge in [0.15, 0.2) is 0 Å². The van der Waals surface area contributed by atoms with E-state index in [1.54, 1.807) is 12.1 Å². The van der Waals surface area contributed by atoms with E-state index in [4.69, 9.17) is 14.9 Å². The number of aliphatic hydroxyl groups is 1. The van der Waals surface area contributed by atoms with Gasteiger partial charge >= 0.3 is 0 Å². The molecule has 0 unspecified atom stereocenters. The largest absolute Gasteiger partial charge is 0.508 e. The molecule has 0 aliphatic carbocycles. The fraction of sp³-hybridized carbons (Fsp3) is 0.368. The van der Waals surface area contributed by atoms with Crippen LogP contribution in [-0.4, -0.2) is 59.2 Å². The number of methoxy groups -OCH3 is 1. The van der Waals surface area contributed by atoms with Gasteiger partial charge in [0, 0.05) is 31.1 Å². The van der Waals surface area contributed by atoms with E-state index in [-0.39, 0.29) is 28.7 Å². The maximum Gasteiger partial charge on any atom is 0.240 e. The number of halogens is 1. The zero-order chi connectivity index (χ0) is 23.3. The van der Waals surface area contributed by atoms with Gasteiger partial charge in [0.1, 0.15) is 11.5 Å². The Hall–Kier alpha value is -1.70. The Kier molecular flexibility index (Phi) is 12.0. The fourth-order valence-corrected chi connectivity index (χ4v) is 4.65. The summed E-state index contributed by atoms with van der Waals surface area (Å²) in [5.41, 5.74) is 0. The molecule has 0 spiro atoms. The van der Waals surface area contributed by atoms with E-state index in [1.165, 1.54) is 43.5 Å². The quantitative estimate of drug-likeness (QED) is 0.252. The molecule has 0 aliphatic rings. The third kappa shape index (κ3) is 9.97. The highest BCUT2D eigenvalue weighted by Crippen LogP contribution is 2.17. The van der Waals surface area contributed by atoms with Crippen molar-refractivity contribution in [2.75, 3.05) is 32.1 Å². The minimum Gasteiger partial charge on any atom is -0.508 e. The first-order valence-corrected chi connectivity index (χ1v) is 13.3. The van der Waals surface area contributed by atoms with Crippen LogP contribution >= 0.6 is 15.9 Å². The van der Waals surface area contributed by atoms with Crippen LogP contribution in [0.3, 0.4) is 0 Å². The molecule has 0 fully saturated rings. The first kappa shape index (κ1) is 27.3. The van der Waals surface area contributed by atoms with Crippen molar-refractivity contribution in [1.29, 1.82) is 0 Å². The number of hydrogen-bond donors (Lipinski definition) is 4. The van der Waals surface area contributed by atoms with Crippen LogP contribution in [0, 0.1) is 0 Å². The average Bonchev–Trinajstić information content (AvgIpc) is 2.74. The van der Waals surface area contributed by atoms with Crippen molar-refractivity contribution in [2.24, 2.45) is 0 Å². The lowest BCUT2D eigenvalue weighted by Crippen LogP contribution is -2.25. The van der Waals surface area contributed by atoms with Crippen LogP contribution in [0.1, 0.15) is 12.8 Å². The van der Waals surface area contributed by atoms with E-state index in [0.717, 1.165) is 11.8 Å². The maximum absolute atomic E-state index is 11.7. The number of sulfonamides is 2. The second-order valence-electron chi connectivity index (χ2n) is 6.09. The summed E-state index contributed by atoms with van der Waals surface area (Å²) < 4.78 is 56.5. The molecular formula is C19H27BrN2O7S2. The third-order valence-corrected chi connectivity index (χ3v) is 7.19. The summed E-state index contributed by atoms with van der Waals surface area (Å²) in [4.78, 5) is 0.238. The Labute approximate surface area is 191 Å². The molecular weight excluding hydrogens is 512 g/mol. The normalized spacial score (nSPS) is 11.5. The smallest absolute Gasteiger partial charge is 0.240 e. The van der Waals surface area contributed by atoms with E-state index in [1.807, 2.05) is 0 Å². The van der Waals surface area contributed by atoms with Gasteiger partial charge in [-0.05, 0) is 43.2 Å². The van der Waals surface area contributed by atoms with Crippen LogP contribution in [0.15, 0.2) is 58.3 Å². The van der Waals surface area contributed by atoms with Crippen molar-refractivity contribution in [3.63, 3.8) is 0 Å². The predicted octanol–water partition coefficient (Wildman–Crippen LogP) is 1.81. The van der Waals surface area contributed by atoms with Crippen LogP contribution in [0.25, 0.3) is 0 Å². The summed E-state index contributed by atoms with van der Waals surface area (Å²) in [6.07, 6.45) is 1.11. The Morgan fingerprint density at radius 1 is 0.903 bits per heavy atom. The molecule has 174 valence electrons. The molecule has 0 bridgehead atoms. The summed E-state index contributed by atoms with van der Waals surface area (Å²) in [6.45, 7) is 0.555. The number of aromatic hydroxyl groups is 1. The van der Waals surface area contributed by atoms with Gasteiger partial charge in [-0.2, -0.15) is 0 Å². The minimum atomic E-state index is -3.51. The first-order valence-electron chi connectivity index (χ1n) is 9.25. The number of hydrogen-bond acceptors (Lipinski definition) is 7. The molecule has 2 rings (SSSR count). The molecule has 12 heteroatoms. The zero-order valence-electron chi connectivity index (χ0n) is 17.0. The molecule has 0 radical (unpaired) electrons. The highest BCUT2D eigenvalue weighted by Gasteiger charge is 2.14. The summed E-state index contributed by atoms with van der Waals surface area (Å²) in [6, 6.07) is 11.8. The van der Waals surface area contributed by atoms with Crippen LogP contribution in [0.5, 0.6) is 11.5 Å². The topological polar surface area (TPSA) is 142 Å². The predicted molar refractivity (Wildman–Crippen MR) is 122 cm³/mol. The molecule has 4 N–H and O–H groups in total. The molecule has 0 heterocycles. The van der Waals surface area contributed by atoms with Gasteiger partial charge in [-0.15, -0.1) is 0 Å². The standard InChI is InChI=1S/C10H15NO4S.C9H12BrNO3S/c1-15-9-4-2-5-10(8-9)16(13,14)11-6-3-7-12;10-5-2-6-11-15(13,14)9-4-1-3-8(12)7-9/h2,4-5,8,11-12H,3,6-7H2,1H3;1,3-4,7,11-12H,2,5-6H2. The lowest BCUT2D eigenvalue weighted by atomic mass is 10.3. The number of aliphatic hydroxyl groups excluding tert-OH is 1. The van der Waals surface area contributed by atoms with Crippen molar-refractivity contribution < 1.29 is 31.8 Å². The number of benzene rings is 2. The van der Waals surface area contributed by atoms with Crippen LogP contribution < -0.4 is 14.2 Å². The molecule has 0 saturated heterocycles. The van der Waals surface area contributed by atoms with Gasteiger partial charge in [0.2, 0.25) is 20.0 Å². The van der Waals surface area contributed by atoms with Crippen molar-refractivity contribution in [2.45, 2.75) is 22.6 Å². The molecule has 0 saturated carbocycles. The Morgan fingerprint density at radius 3 is 1.97 bits per heavy atom. The number of rotatable bonds is 11. The number of phenols is 1. The highest BCUT2D eigenvalue weighted by molar-refractivity contribution is 9.09. The molecule has 31 heavy (non-hydrogen) atoms. The summed E-state index contributed by atoms with van der Waals surface area (Å²) in [5.74, 6) is 0.434. The average molecular weight is 539 g/mol. The number of ether oxygens (including phenoxy) is 1. The number of nitrogens with one attached hydrogen (secondary N) is 2. The van der Waals surface area contributed by atoms with Crippen LogP contribution in [0.2, 0.25) is 0 Å². The summed E-state index contributed by atoms with van der Waals surface area (Å²) >= 11 is 3.21. The van der Waals surface area contributed by atoms with E-state index < -0.39 is 20.0 Å². The fourth-order valence-electron chi connectivity index (χ4n) is 2.14. The Morgan fingerprint density at radius 2 is 1.45 bits per heavy atom. The van der Waals surface area contributed by atoms with Gasteiger partial charge in [0.05, 0.1) is 16.9 Å². The first-order chi connectivity index (χ1) is 14.7.